The molecule has 0 atom stereocenters. The molecule has 0 amide bonds. The van der Waals surface area contributed by atoms with Crippen LogP contribution in [0.3, 0.4) is 0 Å². The topological polar surface area (TPSA) is 42.5 Å². The van der Waals surface area contributed by atoms with Crippen LogP contribution in [0.15, 0.2) is 36.4 Å². The highest BCUT2D eigenvalue weighted by molar-refractivity contribution is 7.80. The number of ether oxygens (including phenoxy) is 2. The molecule has 2 aromatic rings. The lowest BCUT2D eigenvalue weighted by molar-refractivity contribution is -0.153. The average molecular weight is 505 g/mol. The van der Waals surface area contributed by atoms with E-state index in [0.717, 1.165) is 23.8 Å². The zero-order valence-corrected chi connectivity index (χ0v) is 17.8. The van der Waals surface area contributed by atoms with Crippen LogP contribution in [0.5, 0.6) is 11.5 Å². The highest BCUT2D eigenvalue weighted by Gasteiger charge is 2.41. The van der Waals surface area contributed by atoms with Gasteiger partial charge in [-0.15, -0.1) is 0 Å². The van der Waals surface area contributed by atoms with E-state index in [2.05, 4.69) is 20.1 Å². The van der Waals surface area contributed by atoms with Crippen molar-refractivity contribution in [1.29, 1.82) is 0 Å². The van der Waals surface area contributed by atoms with E-state index in [1.54, 1.807) is 25.1 Å². The molecule has 2 rings (SSSR count). The van der Waals surface area contributed by atoms with Crippen molar-refractivity contribution in [1.82, 2.24) is 0 Å². The number of halogens is 8. The molecule has 0 aliphatic heterocycles. The number of anilines is 2. The second-order valence-corrected chi connectivity index (χ2v) is 7.33. The van der Waals surface area contributed by atoms with Crippen LogP contribution in [0.1, 0.15) is 5.56 Å². The standard InChI is InChI=1S/C19H16ClF7N2O2S/c1-10-2-3-11(20)4-15(10)29-17(32)28-12-5-13(30-8-18(23,24)16(21)22)7-14(6-12)31-9-19(25,26)27/h2-7,16H,8-9H2,1H3,(H2,28,29,32). The molecule has 176 valence electrons. The predicted octanol–water partition coefficient (Wildman–Crippen LogP) is 6.68. The van der Waals surface area contributed by atoms with Gasteiger partial charge >= 0.3 is 18.5 Å². The Morgan fingerprint density at radius 1 is 0.969 bits per heavy atom. The maximum Gasteiger partial charge on any atom is 0.422 e. The number of thiocarbonyl (C=S) groups is 1. The molecule has 13 heteroatoms. The smallest absolute Gasteiger partial charge is 0.422 e. The number of rotatable bonds is 8. The molecule has 0 heterocycles. The van der Waals surface area contributed by atoms with Crippen molar-refractivity contribution in [2.75, 3.05) is 23.8 Å². The Morgan fingerprint density at radius 3 is 2.12 bits per heavy atom. The van der Waals surface area contributed by atoms with Crippen LogP contribution in [-0.2, 0) is 0 Å². The molecule has 32 heavy (non-hydrogen) atoms. The monoisotopic (exact) mass is 504 g/mol. The summed E-state index contributed by atoms with van der Waals surface area (Å²) in [6.45, 7) is -1.60. The molecule has 0 fully saturated rings. The van der Waals surface area contributed by atoms with Crippen LogP contribution in [-0.4, -0.2) is 36.9 Å². The van der Waals surface area contributed by atoms with Gasteiger partial charge < -0.3 is 20.1 Å². The van der Waals surface area contributed by atoms with Gasteiger partial charge in [0.25, 0.3) is 0 Å². The molecule has 0 bridgehead atoms. The molecule has 2 aromatic carbocycles. The highest BCUT2D eigenvalue weighted by atomic mass is 35.5. The first kappa shape index (κ1) is 25.8. The maximum absolute atomic E-state index is 13.1. The summed E-state index contributed by atoms with van der Waals surface area (Å²) in [7, 11) is 0. The van der Waals surface area contributed by atoms with Crippen LogP contribution in [0, 0.1) is 6.92 Å². The second kappa shape index (κ2) is 10.4. The van der Waals surface area contributed by atoms with E-state index in [-0.39, 0.29) is 10.8 Å². The van der Waals surface area contributed by atoms with Crippen molar-refractivity contribution in [2.24, 2.45) is 0 Å². The Kier molecular flexibility index (Phi) is 8.41. The summed E-state index contributed by atoms with van der Waals surface area (Å²) in [5.74, 6) is -5.31. The van der Waals surface area contributed by atoms with E-state index in [0.29, 0.717) is 10.7 Å². The Balaban J connectivity index is 2.21. The minimum absolute atomic E-state index is 0.00258. The van der Waals surface area contributed by atoms with Gasteiger partial charge in [0.05, 0.1) is 0 Å². The zero-order valence-electron chi connectivity index (χ0n) is 16.2. The molecule has 4 nitrogen and oxygen atoms in total. The van der Waals surface area contributed by atoms with E-state index in [4.69, 9.17) is 23.8 Å². The Bertz CT molecular complexity index is 958. The fraction of sp³-hybridized carbons (Fsp3) is 0.316. The molecule has 2 N–H and O–H groups in total. The predicted molar refractivity (Wildman–Crippen MR) is 110 cm³/mol. The van der Waals surface area contributed by atoms with E-state index >= 15 is 0 Å². The largest absolute Gasteiger partial charge is 0.487 e. The van der Waals surface area contributed by atoms with Crippen LogP contribution in [0.25, 0.3) is 0 Å². The summed E-state index contributed by atoms with van der Waals surface area (Å²) in [5, 5.41) is 5.85. The van der Waals surface area contributed by atoms with Gasteiger partial charge in [0.2, 0.25) is 0 Å². The molecule has 0 saturated heterocycles. The van der Waals surface area contributed by atoms with Crippen LogP contribution >= 0.6 is 23.8 Å². The highest BCUT2D eigenvalue weighted by Crippen LogP contribution is 2.30. The number of hydrogen-bond donors (Lipinski definition) is 2. The van der Waals surface area contributed by atoms with Gasteiger partial charge in [-0.1, -0.05) is 17.7 Å². The first-order valence-electron chi connectivity index (χ1n) is 8.73. The van der Waals surface area contributed by atoms with Gasteiger partial charge in [0.1, 0.15) is 11.5 Å². The lowest BCUT2D eigenvalue weighted by atomic mass is 10.2. The zero-order chi connectivity index (χ0) is 24.1. The average Bonchev–Trinajstić information content (AvgIpc) is 2.67. The van der Waals surface area contributed by atoms with E-state index in [1.165, 1.54) is 0 Å². The van der Waals surface area contributed by atoms with E-state index < -0.39 is 43.2 Å². The molecule has 0 aliphatic rings. The second-order valence-electron chi connectivity index (χ2n) is 6.49. The number of nitrogens with one attached hydrogen (secondary N) is 2. The summed E-state index contributed by atoms with van der Waals surface area (Å²) < 4.78 is 97.6. The number of benzene rings is 2. The first-order chi connectivity index (χ1) is 14.7. The van der Waals surface area contributed by atoms with Gasteiger partial charge in [-0.2, -0.15) is 22.0 Å². The van der Waals surface area contributed by atoms with Crippen molar-refractivity contribution in [3.63, 3.8) is 0 Å². The van der Waals surface area contributed by atoms with Crippen molar-refractivity contribution >= 4 is 40.3 Å². The fourth-order valence-corrected chi connectivity index (χ4v) is 2.63. The Labute approximate surface area is 188 Å². The van der Waals surface area contributed by atoms with Gasteiger partial charge in [0.15, 0.2) is 18.3 Å². The van der Waals surface area contributed by atoms with Gasteiger partial charge in [-0.25, -0.2) is 8.78 Å². The summed E-state index contributed by atoms with van der Waals surface area (Å²) >= 11 is 11.1. The summed E-state index contributed by atoms with van der Waals surface area (Å²) in [6, 6.07) is 7.99. The fourth-order valence-electron chi connectivity index (χ4n) is 2.23. The third-order valence-corrected chi connectivity index (χ3v) is 4.18. The van der Waals surface area contributed by atoms with E-state index in [9.17, 15) is 30.7 Å². The van der Waals surface area contributed by atoms with Crippen molar-refractivity contribution in [3.8, 4) is 11.5 Å². The third-order valence-electron chi connectivity index (χ3n) is 3.74. The van der Waals surface area contributed by atoms with Gasteiger partial charge in [-0.3, -0.25) is 0 Å². The molecule has 0 spiro atoms. The van der Waals surface area contributed by atoms with Crippen molar-refractivity contribution < 1.29 is 40.2 Å². The number of alkyl halides is 7. The Morgan fingerprint density at radius 2 is 1.56 bits per heavy atom. The molecule has 0 saturated carbocycles. The minimum Gasteiger partial charge on any atom is -0.487 e. The number of hydrogen-bond acceptors (Lipinski definition) is 3. The lowest BCUT2D eigenvalue weighted by Crippen LogP contribution is -2.33. The van der Waals surface area contributed by atoms with Gasteiger partial charge in [-0.05, 0) is 36.8 Å². The van der Waals surface area contributed by atoms with Crippen LogP contribution < -0.4 is 20.1 Å². The SMILES string of the molecule is Cc1ccc(Cl)cc1NC(=S)Nc1cc(OCC(F)(F)F)cc(OCC(F)(F)C(F)F)c1. The third kappa shape index (κ3) is 8.23. The minimum atomic E-state index is -4.67. The van der Waals surface area contributed by atoms with Crippen molar-refractivity contribution in [3.05, 3.63) is 47.0 Å². The molecule has 0 radical (unpaired) electrons. The summed E-state index contributed by atoms with van der Waals surface area (Å²) in [6.07, 6.45) is -8.66. The van der Waals surface area contributed by atoms with Crippen LogP contribution in [0.4, 0.5) is 42.1 Å². The normalized spacial score (nSPS) is 11.9. The molecule has 0 unspecified atom stereocenters. The summed E-state index contributed by atoms with van der Waals surface area (Å²) in [4.78, 5) is 0. The molecule has 0 aromatic heterocycles. The number of aryl methyl sites for hydroxylation is 1. The molecular weight excluding hydrogens is 489 g/mol. The summed E-state index contributed by atoms with van der Waals surface area (Å²) in [5.41, 5.74) is 1.31. The maximum atomic E-state index is 13.1. The molecular formula is C19H16ClF7N2O2S. The van der Waals surface area contributed by atoms with Crippen LogP contribution in [0.2, 0.25) is 5.02 Å². The quantitative estimate of drug-likeness (QED) is 0.310. The van der Waals surface area contributed by atoms with Gasteiger partial charge in [0, 0.05) is 34.6 Å². The first-order valence-corrected chi connectivity index (χ1v) is 9.51. The van der Waals surface area contributed by atoms with E-state index in [1.807, 2.05) is 0 Å². The lowest BCUT2D eigenvalue weighted by Gasteiger charge is -2.18. The van der Waals surface area contributed by atoms with Crippen molar-refractivity contribution in [2.45, 2.75) is 25.4 Å². The Hall–Kier alpha value is -2.47. The molecule has 0 aliphatic carbocycles.